The van der Waals surface area contributed by atoms with Crippen LogP contribution in [0.25, 0.3) is 0 Å². The highest BCUT2D eigenvalue weighted by molar-refractivity contribution is 5.42. The van der Waals surface area contributed by atoms with Gasteiger partial charge in [-0.05, 0) is 19.1 Å². The highest BCUT2D eigenvalue weighted by Gasteiger charge is 2.20. The van der Waals surface area contributed by atoms with Crippen molar-refractivity contribution in [1.29, 1.82) is 0 Å². The van der Waals surface area contributed by atoms with Crippen molar-refractivity contribution in [2.24, 2.45) is 0 Å². The highest BCUT2D eigenvalue weighted by Crippen LogP contribution is 2.31. The van der Waals surface area contributed by atoms with Gasteiger partial charge in [0.1, 0.15) is 17.6 Å². The zero-order valence-electron chi connectivity index (χ0n) is 10.2. The number of methoxy groups -OCH3 is 1. The van der Waals surface area contributed by atoms with E-state index in [-0.39, 0.29) is 6.10 Å². The fraction of sp³-hybridized carbons (Fsp3) is 0.538. The van der Waals surface area contributed by atoms with Gasteiger partial charge in [0.2, 0.25) is 0 Å². The summed E-state index contributed by atoms with van der Waals surface area (Å²) < 4.78 is 16.3. The van der Waals surface area contributed by atoms with Crippen LogP contribution >= 0.6 is 0 Å². The Balaban J connectivity index is 2.21. The number of hydrogen-bond donors (Lipinski definition) is 1. The van der Waals surface area contributed by atoms with Crippen LogP contribution in [0, 0.1) is 0 Å². The molecule has 0 aliphatic carbocycles. The third-order valence-electron chi connectivity index (χ3n) is 2.85. The van der Waals surface area contributed by atoms with Gasteiger partial charge in [0, 0.05) is 18.1 Å². The second-order valence-corrected chi connectivity index (χ2v) is 4.18. The van der Waals surface area contributed by atoms with Gasteiger partial charge in [0.25, 0.3) is 0 Å². The molecule has 4 heteroatoms. The van der Waals surface area contributed by atoms with Crippen LogP contribution in [0.5, 0.6) is 11.5 Å². The lowest BCUT2D eigenvalue weighted by Crippen LogP contribution is -2.17. The van der Waals surface area contributed by atoms with Crippen molar-refractivity contribution in [1.82, 2.24) is 0 Å². The number of aliphatic hydroxyl groups is 1. The van der Waals surface area contributed by atoms with Gasteiger partial charge >= 0.3 is 0 Å². The molecule has 2 rings (SSSR count). The summed E-state index contributed by atoms with van der Waals surface area (Å²) in [6, 6.07) is 5.45. The molecule has 4 nitrogen and oxygen atoms in total. The second-order valence-electron chi connectivity index (χ2n) is 4.18. The van der Waals surface area contributed by atoms with Gasteiger partial charge in [-0.3, -0.25) is 0 Å². The third-order valence-corrected chi connectivity index (χ3v) is 2.85. The number of aliphatic hydroxyl groups excluding tert-OH is 1. The fourth-order valence-electron chi connectivity index (χ4n) is 1.87. The van der Waals surface area contributed by atoms with Crippen LogP contribution in [0.4, 0.5) is 0 Å². The van der Waals surface area contributed by atoms with Crippen LogP contribution in [0.2, 0.25) is 0 Å². The molecule has 0 aromatic heterocycles. The van der Waals surface area contributed by atoms with Crippen LogP contribution in [0.3, 0.4) is 0 Å². The lowest BCUT2D eigenvalue weighted by molar-refractivity contribution is 0.135. The molecule has 1 saturated heterocycles. The van der Waals surface area contributed by atoms with Gasteiger partial charge in [-0.2, -0.15) is 0 Å². The largest absolute Gasteiger partial charge is 0.497 e. The molecule has 0 bridgehead atoms. The molecule has 2 atom stereocenters. The Hall–Kier alpha value is -1.26. The van der Waals surface area contributed by atoms with E-state index in [0.29, 0.717) is 12.4 Å². The minimum atomic E-state index is -0.557. The van der Waals surface area contributed by atoms with E-state index < -0.39 is 6.10 Å². The average molecular weight is 238 g/mol. The topological polar surface area (TPSA) is 47.9 Å². The van der Waals surface area contributed by atoms with Crippen LogP contribution in [-0.4, -0.2) is 31.5 Å². The normalized spacial score (nSPS) is 21.2. The summed E-state index contributed by atoms with van der Waals surface area (Å²) >= 11 is 0. The van der Waals surface area contributed by atoms with Gasteiger partial charge in [0.05, 0.1) is 26.4 Å². The zero-order chi connectivity index (χ0) is 12.3. The van der Waals surface area contributed by atoms with E-state index in [2.05, 4.69) is 0 Å². The Morgan fingerprint density at radius 3 is 2.88 bits per heavy atom. The first-order valence-electron chi connectivity index (χ1n) is 5.81. The minimum absolute atomic E-state index is 0.0691. The number of benzene rings is 1. The Labute approximate surface area is 101 Å². The molecule has 0 amide bonds. The molecular weight excluding hydrogens is 220 g/mol. The minimum Gasteiger partial charge on any atom is -0.497 e. The third kappa shape index (κ3) is 2.90. The number of ether oxygens (including phenoxy) is 3. The van der Waals surface area contributed by atoms with E-state index in [0.717, 1.165) is 24.3 Å². The molecule has 1 unspecified atom stereocenters. The predicted molar refractivity (Wildman–Crippen MR) is 63.5 cm³/mol. The van der Waals surface area contributed by atoms with Gasteiger partial charge in [0.15, 0.2) is 0 Å². The van der Waals surface area contributed by atoms with Gasteiger partial charge < -0.3 is 19.3 Å². The molecule has 1 heterocycles. The molecule has 1 fully saturated rings. The lowest BCUT2D eigenvalue weighted by atomic mass is 10.1. The van der Waals surface area contributed by atoms with Crippen LogP contribution in [-0.2, 0) is 4.74 Å². The first kappa shape index (κ1) is 12.2. The maximum atomic E-state index is 9.69. The summed E-state index contributed by atoms with van der Waals surface area (Å²) in [5.41, 5.74) is 0.776. The van der Waals surface area contributed by atoms with Crippen molar-refractivity contribution in [2.75, 3.05) is 20.3 Å². The molecular formula is C13H18O4. The SMILES string of the molecule is COc1ccc([C@H](C)O)c(OC2CCOC2)c1. The maximum absolute atomic E-state index is 9.69. The van der Waals surface area contributed by atoms with Crippen molar-refractivity contribution in [3.8, 4) is 11.5 Å². The quantitative estimate of drug-likeness (QED) is 0.870. The number of hydrogen-bond acceptors (Lipinski definition) is 4. The maximum Gasteiger partial charge on any atom is 0.129 e. The Kier molecular flexibility index (Phi) is 3.86. The molecule has 94 valence electrons. The van der Waals surface area contributed by atoms with Crippen LogP contribution < -0.4 is 9.47 Å². The summed E-state index contributed by atoms with van der Waals surface area (Å²) in [4.78, 5) is 0. The second kappa shape index (κ2) is 5.38. The molecule has 0 saturated carbocycles. The molecule has 1 N–H and O–H groups in total. The predicted octanol–water partition coefficient (Wildman–Crippen LogP) is 1.92. The Morgan fingerprint density at radius 1 is 1.47 bits per heavy atom. The van der Waals surface area contributed by atoms with Gasteiger partial charge in [-0.15, -0.1) is 0 Å². The van der Waals surface area contributed by atoms with Crippen molar-refractivity contribution < 1.29 is 19.3 Å². The molecule has 1 aliphatic heterocycles. The van der Waals surface area contributed by atoms with Crippen LogP contribution in [0.1, 0.15) is 25.0 Å². The fourth-order valence-corrected chi connectivity index (χ4v) is 1.87. The highest BCUT2D eigenvalue weighted by atomic mass is 16.5. The van der Waals surface area contributed by atoms with Gasteiger partial charge in [-0.1, -0.05) is 0 Å². The summed E-state index contributed by atoms with van der Waals surface area (Å²) in [7, 11) is 1.61. The van der Waals surface area contributed by atoms with Crippen molar-refractivity contribution >= 4 is 0 Å². The summed E-state index contributed by atoms with van der Waals surface area (Å²) in [6.07, 6.45) is 0.397. The first-order chi connectivity index (χ1) is 8.20. The van der Waals surface area contributed by atoms with E-state index in [4.69, 9.17) is 14.2 Å². The van der Waals surface area contributed by atoms with Gasteiger partial charge in [-0.25, -0.2) is 0 Å². The average Bonchev–Trinajstić information content (AvgIpc) is 2.81. The molecule has 0 spiro atoms. The molecule has 0 radical (unpaired) electrons. The van der Waals surface area contributed by atoms with Crippen molar-refractivity contribution in [3.63, 3.8) is 0 Å². The van der Waals surface area contributed by atoms with Crippen molar-refractivity contribution in [3.05, 3.63) is 23.8 Å². The molecule has 17 heavy (non-hydrogen) atoms. The molecule has 1 aromatic rings. The van der Waals surface area contributed by atoms with E-state index in [9.17, 15) is 5.11 Å². The first-order valence-corrected chi connectivity index (χ1v) is 5.81. The van der Waals surface area contributed by atoms with E-state index >= 15 is 0 Å². The smallest absolute Gasteiger partial charge is 0.129 e. The Bertz CT molecular complexity index is 370. The molecule has 1 aliphatic rings. The summed E-state index contributed by atoms with van der Waals surface area (Å²) in [5, 5.41) is 9.69. The number of rotatable bonds is 4. The standard InChI is InChI=1S/C13H18O4/c1-9(14)12-4-3-10(15-2)7-13(12)17-11-5-6-16-8-11/h3-4,7,9,11,14H,5-6,8H2,1-2H3/t9-,11?/m0/s1. The van der Waals surface area contributed by atoms with Crippen molar-refractivity contribution in [2.45, 2.75) is 25.6 Å². The summed E-state index contributed by atoms with van der Waals surface area (Å²) in [6.45, 7) is 3.06. The van der Waals surface area contributed by atoms with Crippen LogP contribution in [0.15, 0.2) is 18.2 Å². The van der Waals surface area contributed by atoms with E-state index in [1.54, 1.807) is 20.1 Å². The monoisotopic (exact) mass is 238 g/mol. The zero-order valence-corrected chi connectivity index (χ0v) is 10.2. The van der Waals surface area contributed by atoms with E-state index in [1.165, 1.54) is 0 Å². The Morgan fingerprint density at radius 2 is 2.29 bits per heavy atom. The van der Waals surface area contributed by atoms with E-state index in [1.807, 2.05) is 12.1 Å². The lowest BCUT2D eigenvalue weighted by Gasteiger charge is -2.17. The summed E-state index contributed by atoms with van der Waals surface area (Å²) in [5.74, 6) is 1.40. The molecule has 1 aromatic carbocycles.